The van der Waals surface area contributed by atoms with Crippen molar-refractivity contribution in [2.75, 3.05) is 0 Å². The lowest BCUT2D eigenvalue weighted by Crippen LogP contribution is -2.11. The second-order valence-electron chi connectivity index (χ2n) is 4.99. The summed E-state index contributed by atoms with van der Waals surface area (Å²) in [6.45, 7) is 0. The van der Waals surface area contributed by atoms with Crippen LogP contribution in [0.4, 0.5) is 26.3 Å². The lowest BCUT2D eigenvalue weighted by molar-refractivity contribution is -0.143. The van der Waals surface area contributed by atoms with E-state index in [1.165, 1.54) is 24.3 Å². The van der Waals surface area contributed by atoms with E-state index in [0.29, 0.717) is 17.7 Å². The summed E-state index contributed by atoms with van der Waals surface area (Å²) in [6, 6.07) is 7.51. The minimum absolute atomic E-state index is 0.0562. The van der Waals surface area contributed by atoms with Gasteiger partial charge in [0, 0.05) is 0 Å². The molecular weight excluding hydrogens is 368 g/mol. The molecule has 0 saturated carbocycles. The number of nitrogens with zero attached hydrogens (tertiary/aromatic N) is 1. The molecule has 2 aromatic rings. The Morgan fingerprint density at radius 1 is 0.880 bits per heavy atom. The molecule has 0 unspecified atom stereocenters. The van der Waals surface area contributed by atoms with Crippen LogP contribution in [-0.2, 0) is 12.4 Å². The van der Waals surface area contributed by atoms with Crippen molar-refractivity contribution in [3.05, 3.63) is 69.2 Å². The minimum Gasteiger partial charge on any atom is -0.192 e. The quantitative estimate of drug-likeness (QED) is 0.439. The van der Waals surface area contributed by atoms with Gasteiger partial charge in [-0.2, -0.15) is 31.6 Å². The molecule has 0 bridgehead atoms. The van der Waals surface area contributed by atoms with Gasteiger partial charge in [0.25, 0.3) is 0 Å². The summed E-state index contributed by atoms with van der Waals surface area (Å²) in [5.41, 5.74) is -2.66. The van der Waals surface area contributed by atoms with Gasteiger partial charge in [-0.3, -0.25) is 0 Å². The first-order valence-electron chi connectivity index (χ1n) is 6.68. The largest absolute Gasteiger partial charge is 0.416 e. The van der Waals surface area contributed by atoms with Crippen LogP contribution in [0.1, 0.15) is 27.8 Å². The van der Waals surface area contributed by atoms with Gasteiger partial charge in [-0.1, -0.05) is 35.9 Å². The number of rotatable bonds is 2. The van der Waals surface area contributed by atoms with Crippen molar-refractivity contribution >= 4 is 23.8 Å². The van der Waals surface area contributed by atoms with Crippen molar-refractivity contribution < 1.29 is 26.3 Å². The Balaban J connectivity index is 2.51. The van der Waals surface area contributed by atoms with E-state index in [1.807, 2.05) is 6.07 Å². The molecule has 0 aliphatic carbocycles. The van der Waals surface area contributed by atoms with Crippen LogP contribution in [0, 0.1) is 11.3 Å². The highest BCUT2D eigenvalue weighted by Crippen LogP contribution is 2.36. The van der Waals surface area contributed by atoms with Crippen LogP contribution < -0.4 is 0 Å². The maximum atomic E-state index is 12.8. The summed E-state index contributed by atoms with van der Waals surface area (Å²) in [7, 11) is 0. The van der Waals surface area contributed by atoms with Gasteiger partial charge in [0.2, 0.25) is 0 Å². The summed E-state index contributed by atoms with van der Waals surface area (Å²) in [6.07, 6.45) is -7.50. The van der Waals surface area contributed by atoms with E-state index >= 15 is 0 Å². The molecule has 130 valence electrons. The Morgan fingerprint density at radius 2 is 1.44 bits per heavy atom. The van der Waals surface area contributed by atoms with Crippen LogP contribution in [0.5, 0.6) is 0 Å². The van der Waals surface area contributed by atoms with Crippen molar-refractivity contribution in [1.82, 2.24) is 0 Å². The second kappa shape index (κ2) is 6.81. The van der Waals surface area contributed by atoms with Crippen LogP contribution >= 0.6 is 11.6 Å². The molecule has 1 nitrogen and oxygen atoms in total. The molecule has 2 rings (SSSR count). The van der Waals surface area contributed by atoms with Gasteiger partial charge >= 0.3 is 12.4 Å². The molecule has 2 aromatic carbocycles. The van der Waals surface area contributed by atoms with E-state index in [9.17, 15) is 26.3 Å². The topological polar surface area (TPSA) is 23.8 Å². The van der Waals surface area contributed by atoms with Gasteiger partial charge in [-0.25, -0.2) is 0 Å². The van der Waals surface area contributed by atoms with Gasteiger partial charge < -0.3 is 0 Å². The lowest BCUT2D eigenvalue weighted by atomic mass is 10.0. The number of hydrogen-bond acceptors (Lipinski definition) is 1. The summed E-state index contributed by atoms with van der Waals surface area (Å²) in [5, 5.41) is 8.93. The van der Waals surface area contributed by atoms with E-state index in [4.69, 9.17) is 16.9 Å². The molecule has 0 radical (unpaired) electrons. The highest BCUT2D eigenvalue weighted by Gasteiger charge is 2.36. The van der Waals surface area contributed by atoms with Crippen molar-refractivity contribution in [3.8, 4) is 6.07 Å². The monoisotopic (exact) mass is 375 g/mol. The predicted octanol–water partition coefficient (Wildman–Crippen LogP) is 6.42. The van der Waals surface area contributed by atoms with Gasteiger partial charge in [0.05, 0.1) is 21.7 Å². The highest BCUT2D eigenvalue weighted by molar-refractivity contribution is 6.33. The van der Waals surface area contributed by atoms with E-state index in [1.54, 1.807) is 0 Å². The molecule has 0 N–H and O–H groups in total. The van der Waals surface area contributed by atoms with Gasteiger partial charge in [0.1, 0.15) is 6.07 Å². The Bertz CT molecular complexity index is 827. The number of benzene rings is 2. The fourth-order valence-electron chi connectivity index (χ4n) is 2.03. The third-order valence-electron chi connectivity index (χ3n) is 3.21. The SMILES string of the molecule is N#Cc1cccc(/C=C/c2cc(C(F)(F)F)cc(C(F)(F)F)c2)c1Cl. The summed E-state index contributed by atoms with van der Waals surface area (Å²) < 4.78 is 76.9. The van der Waals surface area contributed by atoms with Crippen molar-refractivity contribution in [3.63, 3.8) is 0 Å². The number of alkyl halides is 6. The molecule has 0 heterocycles. The lowest BCUT2D eigenvalue weighted by Gasteiger charge is -2.13. The van der Waals surface area contributed by atoms with Crippen molar-refractivity contribution in [1.29, 1.82) is 5.26 Å². The van der Waals surface area contributed by atoms with E-state index < -0.39 is 23.5 Å². The van der Waals surface area contributed by atoms with Crippen molar-refractivity contribution in [2.45, 2.75) is 12.4 Å². The summed E-state index contributed by atoms with van der Waals surface area (Å²) in [5.74, 6) is 0. The molecule has 0 saturated heterocycles. The fraction of sp³-hybridized carbons (Fsp3) is 0.118. The molecule has 0 atom stereocenters. The molecule has 0 aliphatic rings. The smallest absolute Gasteiger partial charge is 0.192 e. The zero-order chi connectivity index (χ0) is 18.8. The van der Waals surface area contributed by atoms with Gasteiger partial charge in [-0.05, 0) is 35.4 Å². The zero-order valence-electron chi connectivity index (χ0n) is 12.2. The molecule has 25 heavy (non-hydrogen) atoms. The fourth-order valence-corrected chi connectivity index (χ4v) is 2.26. The molecule has 0 amide bonds. The van der Waals surface area contributed by atoms with E-state index in [-0.39, 0.29) is 22.2 Å². The molecule has 0 spiro atoms. The van der Waals surface area contributed by atoms with Crippen molar-refractivity contribution in [2.24, 2.45) is 0 Å². The summed E-state index contributed by atoms with van der Waals surface area (Å²) in [4.78, 5) is 0. The average molecular weight is 376 g/mol. The molecule has 8 heteroatoms. The Hall–Kier alpha value is -2.46. The van der Waals surface area contributed by atoms with Crippen LogP contribution in [0.3, 0.4) is 0 Å². The second-order valence-corrected chi connectivity index (χ2v) is 5.37. The first kappa shape index (κ1) is 18.9. The van der Waals surface area contributed by atoms with Crippen LogP contribution in [-0.4, -0.2) is 0 Å². The van der Waals surface area contributed by atoms with E-state index in [0.717, 1.165) is 6.08 Å². The Kier molecular flexibility index (Phi) is 5.14. The minimum atomic E-state index is -4.91. The zero-order valence-corrected chi connectivity index (χ0v) is 13.0. The first-order chi connectivity index (χ1) is 11.5. The Morgan fingerprint density at radius 3 is 1.92 bits per heavy atom. The maximum Gasteiger partial charge on any atom is 0.416 e. The molecule has 0 fully saturated rings. The standard InChI is InChI=1S/C17H8ClF6N/c18-15-11(2-1-3-12(15)9-25)5-4-10-6-13(16(19,20)21)8-14(7-10)17(22,23)24/h1-8H/b5-4+. The molecular formula is C17H8ClF6N. The normalized spacial score (nSPS) is 12.4. The average Bonchev–Trinajstić information content (AvgIpc) is 2.52. The van der Waals surface area contributed by atoms with Gasteiger partial charge in [0.15, 0.2) is 0 Å². The number of halogens is 7. The third-order valence-corrected chi connectivity index (χ3v) is 3.64. The van der Waals surface area contributed by atoms with Crippen LogP contribution in [0.2, 0.25) is 5.02 Å². The van der Waals surface area contributed by atoms with Crippen LogP contribution in [0.15, 0.2) is 36.4 Å². The predicted molar refractivity (Wildman–Crippen MR) is 81.5 cm³/mol. The van der Waals surface area contributed by atoms with Gasteiger partial charge in [-0.15, -0.1) is 0 Å². The molecule has 0 aromatic heterocycles. The highest BCUT2D eigenvalue weighted by atomic mass is 35.5. The van der Waals surface area contributed by atoms with Crippen LogP contribution in [0.25, 0.3) is 12.2 Å². The van der Waals surface area contributed by atoms with E-state index in [2.05, 4.69) is 0 Å². The Labute approximate surface area is 143 Å². The summed E-state index contributed by atoms with van der Waals surface area (Å²) >= 11 is 5.95. The number of hydrogen-bond donors (Lipinski definition) is 0. The number of nitriles is 1. The molecule has 0 aliphatic heterocycles. The third kappa shape index (κ3) is 4.54. The first-order valence-corrected chi connectivity index (χ1v) is 7.06. The maximum absolute atomic E-state index is 12.8.